The van der Waals surface area contributed by atoms with Gasteiger partial charge in [0.25, 0.3) is 0 Å². The van der Waals surface area contributed by atoms with E-state index in [0.717, 1.165) is 5.69 Å². The Balaban J connectivity index is -0.000000246. The Morgan fingerprint density at radius 2 is 0.636 bits per heavy atom. The lowest BCUT2D eigenvalue weighted by molar-refractivity contribution is 1.40. The van der Waals surface area contributed by atoms with Gasteiger partial charge in [0, 0.05) is 5.69 Å². The zero-order valence-corrected chi connectivity index (χ0v) is 16.2. The van der Waals surface area contributed by atoms with Gasteiger partial charge in [0.1, 0.15) is 0 Å². The Hall–Kier alpha value is -1.76. The fourth-order valence-corrected chi connectivity index (χ4v) is 1.20. The molecule has 0 aliphatic carbocycles. The number of hydrogen-bond acceptors (Lipinski definition) is 1. The molecule has 0 spiro atoms. The van der Waals surface area contributed by atoms with Crippen LogP contribution in [0.2, 0.25) is 0 Å². The first-order valence-corrected chi connectivity index (χ1v) is 8.43. The fourth-order valence-electron chi connectivity index (χ4n) is 1.20. The van der Waals surface area contributed by atoms with E-state index in [1.807, 2.05) is 72.7 Å². The summed E-state index contributed by atoms with van der Waals surface area (Å²) >= 11 is 0. The molecule has 0 bridgehead atoms. The van der Waals surface area contributed by atoms with E-state index in [1.165, 1.54) is 16.7 Å². The van der Waals surface area contributed by atoms with Crippen molar-refractivity contribution < 1.29 is 0 Å². The highest BCUT2D eigenvalue weighted by molar-refractivity contribution is 5.38. The largest absolute Gasteiger partial charge is 0.399 e. The Kier molecular flexibility index (Phi) is 22.0. The van der Waals surface area contributed by atoms with E-state index in [0.29, 0.717) is 0 Å². The van der Waals surface area contributed by atoms with Crippen LogP contribution in [0.1, 0.15) is 58.2 Å². The van der Waals surface area contributed by atoms with E-state index in [4.69, 9.17) is 5.73 Å². The van der Waals surface area contributed by atoms with Crippen LogP contribution >= 0.6 is 0 Å². The van der Waals surface area contributed by atoms with Crippen molar-refractivity contribution in [3.63, 3.8) is 0 Å². The summed E-state index contributed by atoms with van der Waals surface area (Å²) < 4.78 is 0. The average molecular weight is 304 g/mol. The Labute approximate surface area is 139 Å². The van der Waals surface area contributed by atoms with Crippen LogP contribution in [0.5, 0.6) is 0 Å². The quantitative estimate of drug-likeness (QED) is 0.523. The summed E-state index contributed by atoms with van der Waals surface area (Å²) in [6, 6.07) is 16.3. The molecule has 126 valence electrons. The van der Waals surface area contributed by atoms with Crippen molar-refractivity contribution in [2.45, 2.75) is 62.3 Å². The van der Waals surface area contributed by atoms with E-state index >= 15 is 0 Å². The van der Waals surface area contributed by atoms with E-state index in [1.54, 1.807) is 0 Å². The van der Waals surface area contributed by atoms with E-state index in [2.05, 4.69) is 38.1 Å². The number of rotatable bonds is 0. The van der Waals surface area contributed by atoms with Gasteiger partial charge in [0.15, 0.2) is 0 Å². The number of nitrogens with two attached hydrogens (primary N) is 1. The van der Waals surface area contributed by atoms with Crippen molar-refractivity contribution in [3.05, 3.63) is 65.2 Å². The third kappa shape index (κ3) is 16.3. The summed E-state index contributed by atoms with van der Waals surface area (Å²) in [5.74, 6) is 0. The normalized spacial score (nSPS) is 7.50. The Morgan fingerprint density at radius 1 is 0.455 bits per heavy atom. The van der Waals surface area contributed by atoms with Gasteiger partial charge in [-0.25, -0.2) is 0 Å². The van der Waals surface area contributed by atoms with Gasteiger partial charge in [0.05, 0.1) is 0 Å². The smallest absolute Gasteiger partial charge is 0.0314 e. The number of nitrogen functional groups attached to an aromatic ring is 1. The molecule has 2 N–H and O–H groups in total. The minimum atomic E-state index is 0.829. The van der Waals surface area contributed by atoms with Crippen molar-refractivity contribution in [2.75, 3.05) is 5.73 Å². The van der Waals surface area contributed by atoms with Gasteiger partial charge in [-0.1, -0.05) is 94.6 Å². The molecule has 2 aromatic carbocycles. The zero-order chi connectivity index (χ0) is 18.0. The topological polar surface area (TPSA) is 26.0 Å². The third-order valence-electron chi connectivity index (χ3n) is 2.30. The molecule has 0 heterocycles. The van der Waals surface area contributed by atoms with Crippen molar-refractivity contribution in [2.24, 2.45) is 0 Å². The third-order valence-corrected chi connectivity index (χ3v) is 2.30. The second kappa shape index (κ2) is 19.2. The first kappa shape index (κ1) is 25.2. The highest BCUT2D eigenvalue weighted by Gasteiger charge is 1.80. The van der Waals surface area contributed by atoms with Gasteiger partial charge < -0.3 is 5.73 Å². The number of aryl methyl sites for hydroxylation is 3. The molecule has 2 aromatic rings. The van der Waals surface area contributed by atoms with Crippen LogP contribution in [-0.2, 0) is 0 Å². The summed E-state index contributed by atoms with van der Waals surface area (Å²) in [6.07, 6.45) is 0. The van der Waals surface area contributed by atoms with Crippen molar-refractivity contribution in [1.29, 1.82) is 0 Å². The molecule has 0 fully saturated rings. The predicted octanol–water partition coefficient (Wildman–Crippen LogP) is 6.96. The molecule has 0 atom stereocenters. The second-order valence-electron chi connectivity index (χ2n) is 4.07. The average Bonchev–Trinajstić information content (AvgIpc) is 2.59. The SMILES string of the molecule is CC.CC.CC.Cc1ccc(C)cc1.Cc1ccc(N)cc1. The number of anilines is 1. The summed E-state index contributed by atoms with van der Waals surface area (Å²) in [7, 11) is 0. The van der Waals surface area contributed by atoms with Crippen molar-refractivity contribution >= 4 is 5.69 Å². The van der Waals surface area contributed by atoms with Crippen LogP contribution in [0.4, 0.5) is 5.69 Å². The maximum atomic E-state index is 5.43. The molecule has 0 saturated carbocycles. The van der Waals surface area contributed by atoms with Crippen molar-refractivity contribution in [3.8, 4) is 0 Å². The molecule has 2 rings (SSSR count). The Morgan fingerprint density at radius 3 is 0.818 bits per heavy atom. The van der Waals surface area contributed by atoms with Gasteiger partial charge in [-0.15, -0.1) is 0 Å². The zero-order valence-electron chi connectivity index (χ0n) is 16.2. The molecule has 0 aliphatic rings. The lowest BCUT2D eigenvalue weighted by Gasteiger charge is -1.90. The Bertz CT molecular complexity index is 327. The molecule has 22 heavy (non-hydrogen) atoms. The first-order valence-electron chi connectivity index (χ1n) is 8.43. The second-order valence-corrected chi connectivity index (χ2v) is 4.07. The summed E-state index contributed by atoms with van der Waals surface area (Å²) in [6.45, 7) is 18.2. The van der Waals surface area contributed by atoms with E-state index in [9.17, 15) is 0 Å². The molecule has 0 amide bonds. The molecule has 0 aromatic heterocycles. The molecule has 1 nitrogen and oxygen atoms in total. The van der Waals surface area contributed by atoms with Crippen LogP contribution in [0.15, 0.2) is 48.5 Å². The van der Waals surface area contributed by atoms with Crippen LogP contribution < -0.4 is 5.73 Å². The minimum Gasteiger partial charge on any atom is -0.399 e. The standard InChI is InChI=1S/C8H10.C7H9N.3C2H6/c1-7-3-5-8(2)6-4-7;1-6-2-4-7(8)5-3-6;3*1-2/h3-6H,1-2H3;2-5H,8H2,1H3;3*1-2H3. The molecule has 0 unspecified atom stereocenters. The maximum Gasteiger partial charge on any atom is 0.0314 e. The van der Waals surface area contributed by atoms with Gasteiger partial charge in [-0.05, 0) is 32.9 Å². The van der Waals surface area contributed by atoms with Crippen LogP contribution in [0.25, 0.3) is 0 Å². The van der Waals surface area contributed by atoms with E-state index < -0.39 is 0 Å². The minimum absolute atomic E-state index is 0.829. The lowest BCUT2D eigenvalue weighted by atomic mass is 10.2. The molecule has 1 heteroatoms. The van der Waals surface area contributed by atoms with Crippen LogP contribution in [-0.4, -0.2) is 0 Å². The van der Waals surface area contributed by atoms with Gasteiger partial charge >= 0.3 is 0 Å². The van der Waals surface area contributed by atoms with E-state index in [-0.39, 0.29) is 0 Å². The highest BCUT2D eigenvalue weighted by Crippen LogP contribution is 2.02. The first-order chi connectivity index (χ1) is 10.6. The molecule has 0 aliphatic heterocycles. The molecular weight excluding hydrogens is 266 g/mol. The number of hydrogen-bond donors (Lipinski definition) is 1. The van der Waals surface area contributed by atoms with Gasteiger partial charge in [-0.3, -0.25) is 0 Å². The summed E-state index contributed by atoms with van der Waals surface area (Å²) in [5, 5.41) is 0. The maximum absolute atomic E-state index is 5.43. The monoisotopic (exact) mass is 303 g/mol. The van der Waals surface area contributed by atoms with Crippen LogP contribution in [0.3, 0.4) is 0 Å². The fraction of sp³-hybridized carbons (Fsp3) is 0.429. The van der Waals surface area contributed by atoms with Gasteiger partial charge in [0.2, 0.25) is 0 Å². The number of benzene rings is 2. The predicted molar refractivity (Wildman–Crippen MR) is 106 cm³/mol. The lowest BCUT2D eigenvalue weighted by Crippen LogP contribution is -1.81. The molecule has 0 saturated heterocycles. The highest BCUT2D eigenvalue weighted by atomic mass is 14.5. The van der Waals surface area contributed by atoms with Crippen LogP contribution in [0, 0.1) is 20.8 Å². The van der Waals surface area contributed by atoms with Gasteiger partial charge in [-0.2, -0.15) is 0 Å². The molecular formula is C21H37N. The summed E-state index contributed by atoms with van der Waals surface area (Å²) in [4.78, 5) is 0. The summed E-state index contributed by atoms with van der Waals surface area (Å²) in [5.41, 5.74) is 10.2. The molecule has 0 radical (unpaired) electrons. The van der Waals surface area contributed by atoms with Crippen molar-refractivity contribution in [1.82, 2.24) is 0 Å².